The Morgan fingerprint density at radius 2 is 1.77 bits per heavy atom. The Hall–Kier alpha value is -3.09. The highest BCUT2D eigenvalue weighted by Crippen LogP contribution is 2.28. The Labute approximate surface area is 190 Å². The molecule has 1 aromatic heterocycles. The fourth-order valence-electron chi connectivity index (χ4n) is 3.16. The quantitative estimate of drug-likeness (QED) is 0.310. The Morgan fingerprint density at radius 3 is 2.52 bits per heavy atom. The molecule has 3 rings (SSSR count). The standard InChI is InChI=1S/C23H22Cl2N4O2/c1-15-10-18(16(2)29(15)21-11-19(24)8-9-20(21)25)14-27-28-23(31)12-22(30)26-13-17-6-4-3-5-7-17/h3-11,14H,12-13H2,1-2H3,(H,26,30)(H,28,31)/b27-14+. The smallest absolute Gasteiger partial charge is 0.249 e. The molecular formula is C23H22Cl2N4O2. The van der Waals surface area contributed by atoms with E-state index < -0.39 is 5.91 Å². The van der Waals surface area contributed by atoms with Gasteiger partial charge in [-0.3, -0.25) is 9.59 Å². The predicted octanol–water partition coefficient (Wildman–Crippen LogP) is 4.56. The van der Waals surface area contributed by atoms with Crippen molar-refractivity contribution in [1.82, 2.24) is 15.3 Å². The minimum Gasteiger partial charge on any atom is -0.352 e. The Morgan fingerprint density at radius 1 is 1.03 bits per heavy atom. The normalized spacial score (nSPS) is 11.0. The molecule has 0 spiro atoms. The molecule has 1 heterocycles. The number of nitrogens with zero attached hydrogens (tertiary/aromatic N) is 2. The summed E-state index contributed by atoms with van der Waals surface area (Å²) >= 11 is 12.5. The highest BCUT2D eigenvalue weighted by Gasteiger charge is 2.13. The van der Waals surface area contributed by atoms with E-state index in [9.17, 15) is 9.59 Å². The van der Waals surface area contributed by atoms with Gasteiger partial charge in [0.2, 0.25) is 11.8 Å². The van der Waals surface area contributed by atoms with E-state index in [-0.39, 0.29) is 12.3 Å². The number of carbonyl (C=O) groups is 2. The number of aryl methyl sites for hydroxylation is 1. The van der Waals surface area contributed by atoms with Gasteiger partial charge in [-0.15, -0.1) is 0 Å². The summed E-state index contributed by atoms with van der Waals surface area (Å²) in [7, 11) is 0. The van der Waals surface area contributed by atoms with Gasteiger partial charge in [0.25, 0.3) is 0 Å². The second-order valence-corrected chi connectivity index (χ2v) is 7.83. The summed E-state index contributed by atoms with van der Waals surface area (Å²) < 4.78 is 1.97. The largest absolute Gasteiger partial charge is 0.352 e. The monoisotopic (exact) mass is 456 g/mol. The van der Waals surface area contributed by atoms with Crippen LogP contribution < -0.4 is 10.7 Å². The third kappa shape index (κ3) is 5.96. The lowest BCUT2D eigenvalue weighted by atomic mass is 10.2. The van der Waals surface area contributed by atoms with Crippen molar-refractivity contribution in [3.63, 3.8) is 0 Å². The zero-order valence-corrected chi connectivity index (χ0v) is 18.7. The average Bonchev–Trinajstić information content (AvgIpc) is 3.02. The van der Waals surface area contributed by atoms with Gasteiger partial charge in [-0.1, -0.05) is 53.5 Å². The van der Waals surface area contributed by atoms with Crippen LogP contribution in [0.4, 0.5) is 0 Å². The number of hydrogen-bond donors (Lipinski definition) is 2. The molecule has 8 heteroatoms. The first-order valence-corrected chi connectivity index (χ1v) is 10.4. The second-order valence-electron chi connectivity index (χ2n) is 6.99. The van der Waals surface area contributed by atoms with Crippen molar-refractivity contribution in [2.45, 2.75) is 26.8 Å². The minimum atomic E-state index is -0.492. The van der Waals surface area contributed by atoms with Crippen molar-refractivity contribution < 1.29 is 9.59 Å². The van der Waals surface area contributed by atoms with E-state index in [0.717, 1.165) is 28.2 Å². The predicted molar refractivity (Wildman–Crippen MR) is 124 cm³/mol. The highest BCUT2D eigenvalue weighted by atomic mass is 35.5. The van der Waals surface area contributed by atoms with E-state index in [1.54, 1.807) is 18.2 Å². The first kappa shape index (κ1) is 22.6. The van der Waals surface area contributed by atoms with Crippen molar-refractivity contribution in [1.29, 1.82) is 0 Å². The van der Waals surface area contributed by atoms with Gasteiger partial charge in [-0.05, 0) is 43.7 Å². The van der Waals surface area contributed by atoms with Crippen LogP contribution in [0.1, 0.15) is 28.9 Å². The maximum absolute atomic E-state index is 12.0. The number of amides is 2. The topological polar surface area (TPSA) is 75.5 Å². The molecule has 0 unspecified atom stereocenters. The molecule has 0 bridgehead atoms. The molecule has 0 saturated heterocycles. The van der Waals surface area contributed by atoms with Crippen LogP contribution in [-0.2, 0) is 16.1 Å². The zero-order chi connectivity index (χ0) is 22.4. The number of hydrazone groups is 1. The summed E-state index contributed by atoms with van der Waals surface area (Å²) in [6.45, 7) is 4.23. The molecule has 0 fully saturated rings. The molecule has 2 amide bonds. The number of carbonyl (C=O) groups excluding carboxylic acids is 2. The van der Waals surface area contributed by atoms with Crippen molar-refractivity contribution in [3.8, 4) is 5.69 Å². The lowest BCUT2D eigenvalue weighted by Crippen LogP contribution is -2.29. The molecule has 31 heavy (non-hydrogen) atoms. The van der Waals surface area contributed by atoms with Gasteiger partial charge in [-0.2, -0.15) is 5.10 Å². The average molecular weight is 457 g/mol. The van der Waals surface area contributed by atoms with Gasteiger partial charge in [0.15, 0.2) is 0 Å². The van der Waals surface area contributed by atoms with Gasteiger partial charge < -0.3 is 9.88 Å². The Bertz CT molecular complexity index is 1120. The molecule has 0 aliphatic rings. The molecule has 0 saturated carbocycles. The number of nitrogens with one attached hydrogen (secondary N) is 2. The van der Waals surface area contributed by atoms with Gasteiger partial charge >= 0.3 is 0 Å². The van der Waals surface area contributed by atoms with Crippen LogP contribution in [0, 0.1) is 13.8 Å². The third-order valence-electron chi connectivity index (χ3n) is 4.67. The van der Waals surface area contributed by atoms with Crippen LogP contribution in [0.3, 0.4) is 0 Å². The summed E-state index contributed by atoms with van der Waals surface area (Å²) in [5.41, 5.74) is 6.76. The Kier molecular flexibility index (Phi) is 7.50. The molecule has 0 aliphatic heterocycles. The van der Waals surface area contributed by atoms with Crippen LogP contribution in [0.5, 0.6) is 0 Å². The first-order chi connectivity index (χ1) is 14.8. The van der Waals surface area contributed by atoms with Crippen molar-refractivity contribution in [2.75, 3.05) is 0 Å². The lowest BCUT2D eigenvalue weighted by Gasteiger charge is -2.12. The number of benzene rings is 2. The number of aromatic nitrogens is 1. The van der Waals surface area contributed by atoms with Crippen LogP contribution in [-0.4, -0.2) is 22.6 Å². The second kappa shape index (κ2) is 10.3. The van der Waals surface area contributed by atoms with Crippen LogP contribution >= 0.6 is 23.2 Å². The van der Waals surface area contributed by atoms with E-state index in [2.05, 4.69) is 15.8 Å². The fourth-order valence-corrected chi connectivity index (χ4v) is 3.53. The van der Waals surface area contributed by atoms with Crippen molar-refractivity contribution in [3.05, 3.63) is 87.2 Å². The van der Waals surface area contributed by atoms with Crippen LogP contribution in [0.15, 0.2) is 59.7 Å². The summed E-state index contributed by atoms with van der Waals surface area (Å²) in [5.74, 6) is -0.862. The summed E-state index contributed by atoms with van der Waals surface area (Å²) in [6.07, 6.45) is 1.23. The maximum atomic E-state index is 12.0. The molecule has 3 aromatic rings. The molecule has 6 nitrogen and oxygen atoms in total. The van der Waals surface area contributed by atoms with Crippen LogP contribution in [0.25, 0.3) is 5.69 Å². The van der Waals surface area contributed by atoms with Crippen molar-refractivity contribution >= 4 is 41.2 Å². The highest BCUT2D eigenvalue weighted by molar-refractivity contribution is 6.34. The van der Waals surface area contributed by atoms with E-state index in [0.29, 0.717) is 16.6 Å². The van der Waals surface area contributed by atoms with E-state index in [1.165, 1.54) is 6.21 Å². The molecule has 2 aromatic carbocycles. The van der Waals surface area contributed by atoms with Gasteiger partial charge in [0, 0.05) is 28.5 Å². The molecule has 160 valence electrons. The number of hydrogen-bond acceptors (Lipinski definition) is 3. The fraction of sp³-hybridized carbons (Fsp3) is 0.174. The first-order valence-electron chi connectivity index (χ1n) is 9.62. The maximum Gasteiger partial charge on any atom is 0.249 e. The number of rotatable bonds is 7. The minimum absolute atomic E-state index is 0.304. The number of halogens is 2. The molecular weight excluding hydrogens is 435 g/mol. The molecule has 0 atom stereocenters. The summed E-state index contributed by atoms with van der Waals surface area (Å²) in [4.78, 5) is 23.9. The lowest BCUT2D eigenvalue weighted by molar-refractivity contribution is -0.129. The van der Waals surface area contributed by atoms with Crippen LogP contribution in [0.2, 0.25) is 10.0 Å². The van der Waals surface area contributed by atoms with E-state index in [4.69, 9.17) is 23.2 Å². The SMILES string of the molecule is Cc1cc(/C=N/NC(=O)CC(=O)NCc2ccccc2)c(C)n1-c1cc(Cl)ccc1Cl. The van der Waals surface area contributed by atoms with E-state index in [1.807, 2.05) is 54.8 Å². The van der Waals surface area contributed by atoms with E-state index >= 15 is 0 Å². The Balaban J connectivity index is 1.59. The van der Waals surface area contributed by atoms with Gasteiger partial charge in [0.05, 0.1) is 16.9 Å². The molecule has 0 radical (unpaired) electrons. The molecule has 2 N–H and O–H groups in total. The summed E-state index contributed by atoms with van der Waals surface area (Å²) in [6, 6.07) is 16.7. The van der Waals surface area contributed by atoms with Gasteiger partial charge in [-0.25, -0.2) is 5.43 Å². The summed E-state index contributed by atoms with van der Waals surface area (Å²) in [5, 5.41) is 7.85. The zero-order valence-electron chi connectivity index (χ0n) is 17.2. The molecule has 0 aliphatic carbocycles. The van der Waals surface area contributed by atoms with Gasteiger partial charge in [0.1, 0.15) is 6.42 Å². The van der Waals surface area contributed by atoms with Crippen molar-refractivity contribution in [2.24, 2.45) is 5.10 Å². The third-order valence-corrected chi connectivity index (χ3v) is 5.22.